The fourth-order valence-electron chi connectivity index (χ4n) is 8.25. The molecule has 432 valence electrons. The van der Waals surface area contributed by atoms with E-state index in [1.54, 1.807) is 109 Å². The summed E-state index contributed by atoms with van der Waals surface area (Å²) in [4.78, 5) is 1.14. The van der Waals surface area contributed by atoms with Crippen molar-refractivity contribution in [3.05, 3.63) is 324 Å². The molecule has 0 atom stereocenters. The Morgan fingerprint density at radius 2 is 0.414 bits per heavy atom. The van der Waals surface area contributed by atoms with Crippen molar-refractivity contribution in [2.75, 3.05) is 0 Å². The van der Waals surface area contributed by atoms with Crippen LogP contribution < -0.4 is 9.47 Å². The third-order valence-electron chi connectivity index (χ3n) is 12.8. The molecule has 0 heterocycles. The normalized spacial score (nSPS) is 10.5. The van der Waals surface area contributed by atoms with Crippen LogP contribution in [0.4, 0.5) is 0 Å². The minimum atomic E-state index is -3.73. The zero-order valence-corrected chi connectivity index (χ0v) is 47.7. The van der Waals surface area contributed by atoms with Gasteiger partial charge in [-0.3, -0.25) is 0 Å². The van der Waals surface area contributed by atoms with E-state index >= 15 is 0 Å². The zero-order chi connectivity index (χ0) is 58.4. The monoisotopic (exact) mass is 1220 g/mol. The van der Waals surface area contributed by atoms with E-state index in [1.165, 1.54) is 36.4 Å². The third kappa shape index (κ3) is 16.8. The average molecular weight is 1220 g/mol. The Balaban J connectivity index is 0.000000336. The van der Waals surface area contributed by atoms with Gasteiger partial charge in [0.25, 0.3) is 0 Å². The van der Waals surface area contributed by atoms with Gasteiger partial charge in [0.1, 0.15) is 23.0 Å². The Morgan fingerprint density at radius 3 is 0.644 bits per heavy atom. The highest BCUT2D eigenvalue weighted by Crippen LogP contribution is 2.32. The number of hydrogen-bond donors (Lipinski definition) is 0. The molecule has 11 aromatic carbocycles. The highest BCUT2D eigenvalue weighted by atomic mass is 35.5. The van der Waals surface area contributed by atoms with Gasteiger partial charge in [-0.15, -0.1) is 0 Å². The molecule has 0 aliphatic rings. The molecule has 0 radical (unpaired) electrons. The molecule has 87 heavy (non-hydrogen) atoms. The molecule has 0 saturated heterocycles. The van der Waals surface area contributed by atoms with E-state index in [2.05, 4.69) is 35.5 Å². The summed E-state index contributed by atoms with van der Waals surface area (Å²) < 4.78 is 90.4. The molecular weight excluding hydrogens is 1160 g/mol. The molecule has 0 unspecified atom stereocenters. The molecule has 0 amide bonds. The lowest BCUT2D eigenvalue weighted by atomic mass is 10.1. The Morgan fingerprint density at radius 1 is 0.230 bits per heavy atom. The van der Waals surface area contributed by atoms with Gasteiger partial charge >= 0.3 is 0 Å². The maximum atomic E-state index is 13.3. The Labute approximate surface area is 517 Å². The van der Waals surface area contributed by atoms with Crippen LogP contribution >= 0.6 is 11.6 Å². The number of ether oxygens (including phenoxy) is 2. The molecule has 0 saturated carbocycles. The summed E-state index contributed by atoms with van der Waals surface area (Å²) in [6.07, 6.45) is 0. The molecule has 11 aromatic rings. The smallest absolute Gasteiger partial charge is 0.206 e. The van der Waals surface area contributed by atoms with Crippen molar-refractivity contribution in [3.63, 3.8) is 0 Å². The number of benzene rings is 11. The van der Waals surface area contributed by atoms with E-state index in [0.717, 1.165) is 44.5 Å². The highest BCUT2D eigenvalue weighted by molar-refractivity contribution is 7.92. The van der Waals surface area contributed by atoms with Crippen LogP contribution in [-0.4, -0.2) is 25.3 Å². The van der Waals surface area contributed by atoms with Crippen LogP contribution in [0.15, 0.2) is 314 Å². The van der Waals surface area contributed by atoms with Gasteiger partial charge in [-0.05, 0) is 217 Å². The van der Waals surface area contributed by atoms with Crippen molar-refractivity contribution in [2.24, 2.45) is 0 Å². The second-order valence-corrected chi connectivity index (χ2v) is 24.9. The van der Waals surface area contributed by atoms with E-state index in [4.69, 9.17) is 21.1 Å². The first-order valence-corrected chi connectivity index (χ1v) is 30.9. The lowest BCUT2D eigenvalue weighted by molar-refractivity contribution is 0.481. The highest BCUT2D eigenvalue weighted by Gasteiger charge is 2.20. The zero-order valence-electron chi connectivity index (χ0n) is 44.5. The summed E-state index contributed by atoms with van der Waals surface area (Å²) in [6, 6.07) is 82.4. The number of rotatable bonds is 11. The first-order valence-electron chi connectivity index (χ1n) is 26.0. The molecule has 0 aliphatic carbocycles. The first kappa shape index (κ1) is 64.4. The first-order chi connectivity index (χ1) is 40.7. The van der Waals surface area contributed by atoms with Crippen molar-refractivity contribution in [1.29, 1.82) is 0 Å². The molecular formula is C75H59ClO8S3. The second kappa shape index (κ2) is 29.6. The summed E-state index contributed by atoms with van der Waals surface area (Å²) in [6.45, 7) is 0. The minimum Gasteiger partial charge on any atom is -0.457 e. The molecule has 0 aromatic heterocycles. The van der Waals surface area contributed by atoms with Crippen molar-refractivity contribution >= 4 is 41.1 Å². The summed E-state index contributed by atoms with van der Waals surface area (Å²) in [7, 11) is -11.0. The summed E-state index contributed by atoms with van der Waals surface area (Å²) in [5.41, 5.74) is 6.80. The molecule has 0 fully saturated rings. The van der Waals surface area contributed by atoms with E-state index in [1.807, 2.05) is 140 Å². The van der Waals surface area contributed by atoms with Crippen LogP contribution in [0.1, 0.15) is 55.7 Å². The van der Waals surface area contributed by atoms with Crippen LogP contribution in [0.3, 0.4) is 0 Å². The molecule has 11 rings (SSSR count). The van der Waals surface area contributed by atoms with E-state index in [-0.39, 0.29) is 51.7 Å². The largest absolute Gasteiger partial charge is 0.457 e. The predicted molar refractivity (Wildman–Crippen MR) is 350 cm³/mol. The fraction of sp³-hybridized carbons (Fsp3) is 0.0400. The standard InChI is InChI=1S/C52H34O6S2.C20H13ClO2S.3CH4/c53-59(54,49-31-15-41(16-32-49)13-11-39-7-3-1-4-8-39)51-35-27-47(28-36-51)57-45-23-19-43(20-24-45)44-21-25-46(26-22-44)58-48-29-37-52(38-30-48)60(55,56)50-33-17-42(18-34-50)14-12-40-9-5-2-6-10-40;21-18-10-14-20(15-11-18)24(22,23)19-12-8-17(9-13-19)7-6-16-4-2-1-3-5-16;;;/h1-10,15-38H;1-5,8-15H;3*1H4. The van der Waals surface area contributed by atoms with Crippen LogP contribution in [-0.2, 0) is 29.5 Å². The van der Waals surface area contributed by atoms with Crippen LogP contribution in [0.2, 0.25) is 5.02 Å². The number of halogens is 1. The maximum Gasteiger partial charge on any atom is 0.206 e. The van der Waals surface area contributed by atoms with Crippen LogP contribution in [0.5, 0.6) is 23.0 Å². The quantitative estimate of drug-likeness (QED) is 0.117. The topological polar surface area (TPSA) is 121 Å². The third-order valence-corrected chi connectivity index (χ3v) is 18.4. The SMILES string of the molecule is C.C.C.O=S(=O)(c1ccc(C#Cc2ccccc2)cc1)c1ccc(Oc2ccc(-c3ccc(Oc4ccc(S(=O)(=O)c5ccc(C#Cc6ccccc6)cc5)cc4)cc3)cc2)cc1.O=S(=O)(c1ccc(Cl)cc1)c1ccc(C#Cc2ccccc2)cc1. The van der Waals surface area contributed by atoms with Crippen molar-refractivity contribution in [1.82, 2.24) is 0 Å². The molecule has 12 heteroatoms. The van der Waals surface area contributed by atoms with Crippen LogP contribution in [0.25, 0.3) is 11.1 Å². The molecule has 8 nitrogen and oxygen atoms in total. The Bertz CT molecular complexity index is 4390. The van der Waals surface area contributed by atoms with Gasteiger partial charge in [0.05, 0.1) is 29.4 Å². The van der Waals surface area contributed by atoms with Gasteiger partial charge < -0.3 is 9.47 Å². The summed E-state index contributed by atoms with van der Waals surface area (Å²) >= 11 is 5.80. The van der Waals surface area contributed by atoms with Gasteiger partial charge in [0, 0.05) is 38.4 Å². The Hall–Kier alpha value is -10.2. The second-order valence-electron chi connectivity index (χ2n) is 18.6. The van der Waals surface area contributed by atoms with Gasteiger partial charge in [0.2, 0.25) is 29.5 Å². The maximum absolute atomic E-state index is 13.3. The summed E-state index contributed by atoms with van der Waals surface area (Å²) in [5, 5.41) is 0.500. The number of hydrogen-bond acceptors (Lipinski definition) is 8. The summed E-state index contributed by atoms with van der Waals surface area (Å²) in [5.74, 6) is 20.5. The van der Waals surface area contributed by atoms with Crippen molar-refractivity contribution in [2.45, 2.75) is 51.7 Å². The molecule has 0 aliphatic heterocycles. The van der Waals surface area contributed by atoms with E-state index in [0.29, 0.717) is 28.0 Å². The van der Waals surface area contributed by atoms with Crippen molar-refractivity contribution in [3.8, 4) is 69.6 Å². The lowest BCUT2D eigenvalue weighted by Gasteiger charge is -2.10. The predicted octanol–water partition coefficient (Wildman–Crippen LogP) is 17.9. The van der Waals surface area contributed by atoms with E-state index < -0.39 is 29.5 Å². The van der Waals surface area contributed by atoms with Crippen molar-refractivity contribution < 1.29 is 34.7 Å². The Kier molecular flexibility index (Phi) is 21.9. The average Bonchev–Trinajstić information content (AvgIpc) is 2.40. The van der Waals surface area contributed by atoms with Gasteiger partial charge in [-0.25, -0.2) is 25.3 Å². The lowest BCUT2D eigenvalue weighted by Crippen LogP contribution is -2.01. The van der Waals surface area contributed by atoms with Gasteiger partial charge in [0.15, 0.2) is 0 Å². The molecule has 0 N–H and O–H groups in total. The van der Waals surface area contributed by atoms with E-state index in [9.17, 15) is 25.3 Å². The minimum absolute atomic E-state index is 0. The number of sulfone groups is 3. The molecule has 0 bridgehead atoms. The van der Waals surface area contributed by atoms with Gasteiger partial charge in [-0.2, -0.15) is 0 Å². The van der Waals surface area contributed by atoms with Gasteiger partial charge in [-0.1, -0.05) is 148 Å². The van der Waals surface area contributed by atoms with Crippen LogP contribution in [0, 0.1) is 35.5 Å². The fourth-order valence-corrected chi connectivity index (χ4v) is 12.2. The molecule has 0 spiro atoms.